The van der Waals surface area contributed by atoms with Crippen LogP contribution in [0.2, 0.25) is 0 Å². The molecule has 2 atom stereocenters. The molecule has 3 heteroatoms. The summed E-state index contributed by atoms with van der Waals surface area (Å²) in [6.07, 6.45) is 3.07. The van der Waals surface area contributed by atoms with Gasteiger partial charge in [-0.2, -0.15) is 0 Å². The summed E-state index contributed by atoms with van der Waals surface area (Å²) in [5.41, 5.74) is 1.36. The van der Waals surface area contributed by atoms with Gasteiger partial charge in [0.2, 0.25) is 0 Å². The third-order valence-corrected chi connectivity index (χ3v) is 4.04. The van der Waals surface area contributed by atoms with Gasteiger partial charge in [-0.05, 0) is 61.8 Å². The van der Waals surface area contributed by atoms with Crippen molar-refractivity contribution in [2.75, 3.05) is 11.9 Å². The number of aryl methyl sites for hydroxylation is 1. The van der Waals surface area contributed by atoms with Gasteiger partial charge in [0.15, 0.2) is 0 Å². The second-order valence-corrected chi connectivity index (χ2v) is 6.43. The maximum absolute atomic E-state index is 13.5. The van der Waals surface area contributed by atoms with Crippen molar-refractivity contribution < 1.29 is 9.50 Å². The number of aliphatic hydroxyl groups is 1. The van der Waals surface area contributed by atoms with E-state index in [9.17, 15) is 9.50 Å². The fourth-order valence-electron chi connectivity index (χ4n) is 3.66. The molecule has 0 bridgehead atoms. The van der Waals surface area contributed by atoms with Crippen LogP contribution >= 0.6 is 0 Å². The minimum absolute atomic E-state index is 0.0945. The van der Waals surface area contributed by atoms with Gasteiger partial charge >= 0.3 is 0 Å². The van der Waals surface area contributed by atoms with Crippen molar-refractivity contribution in [3.63, 3.8) is 0 Å². The van der Waals surface area contributed by atoms with Crippen LogP contribution < -0.4 is 5.32 Å². The number of anilines is 1. The van der Waals surface area contributed by atoms with Gasteiger partial charge < -0.3 is 10.4 Å². The molecule has 0 aliphatic heterocycles. The van der Waals surface area contributed by atoms with E-state index < -0.39 is 0 Å². The SMILES string of the molecule is Cc1cc(F)cc(NC2(CO)CC(C)CC(C)C2)c1. The highest BCUT2D eigenvalue weighted by atomic mass is 19.1. The smallest absolute Gasteiger partial charge is 0.125 e. The van der Waals surface area contributed by atoms with E-state index in [2.05, 4.69) is 19.2 Å². The Bertz CT molecular complexity index is 416. The number of rotatable bonds is 3. The number of hydrogen-bond donors (Lipinski definition) is 2. The maximum atomic E-state index is 13.5. The van der Waals surface area contributed by atoms with Gasteiger partial charge in [-0.1, -0.05) is 13.8 Å². The van der Waals surface area contributed by atoms with Crippen molar-refractivity contribution in [1.82, 2.24) is 0 Å². The molecule has 1 aliphatic rings. The molecule has 2 unspecified atom stereocenters. The van der Waals surface area contributed by atoms with E-state index in [1.54, 1.807) is 0 Å². The van der Waals surface area contributed by atoms with E-state index in [1.165, 1.54) is 18.6 Å². The first kappa shape index (κ1) is 14.3. The Hall–Kier alpha value is -1.09. The van der Waals surface area contributed by atoms with E-state index in [0.717, 1.165) is 24.1 Å². The monoisotopic (exact) mass is 265 g/mol. The molecule has 2 nitrogen and oxygen atoms in total. The predicted octanol–water partition coefficient (Wildman–Crippen LogP) is 3.73. The maximum Gasteiger partial charge on any atom is 0.125 e. The van der Waals surface area contributed by atoms with Crippen LogP contribution in [0.25, 0.3) is 0 Å². The highest BCUT2D eigenvalue weighted by Crippen LogP contribution is 2.38. The number of nitrogens with one attached hydrogen (secondary N) is 1. The third kappa shape index (κ3) is 3.47. The molecule has 0 spiro atoms. The molecule has 19 heavy (non-hydrogen) atoms. The molecular weight excluding hydrogens is 241 g/mol. The molecule has 2 N–H and O–H groups in total. The third-order valence-electron chi connectivity index (χ3n) is 4.04. The molecule has 0 amide bonds. The summed E-state index contributed by atoms with van der Waals surface area (Å²) in [5.74, 6) is 0.934. The summed E-state index contributed by atoms with van der Waals surface area (Å²) in [6, 6.07) is 4.96. The van der Waals surface area contributed by atoms with E-state index in [-0.39, 0.29) is 18.0 Å². The molecule has 1 aliphatic carbocycles. The average molecular weight is 265 g/mol. The van der Waals surface area contributed by atoms with Crippen LogP contribution in [-0.4, -0.2) is 17.3 Å². The molecular formula is C16H24FNO. The molecule has 0 saturated heterocycles. The lowest BCUT2D eigenvalue weighted by molar-refractivity contribution is 0.122. The minimum atomic E-state index is -0.308. The van der Waals surface area contributed by atoms with E-state index in [1.807, 2.05) is 13.0 Å². The Morgan fingerprint density at radius 2 is 1.89 bits per heavy atom. The molecule has 0 heterocycles. The quantitative estimate of drug-likeness (QED) is 0.872. The topological polar surface area (TPSA) is 32.3 Å². The summed E-state index contributed by atoms with van der Waals surface area (Å²) in [7, 11) is 0. The summed E-state index contributed by atoms with van der Waals surface area (Å²) < 4.78 is 13.5. The number of benzene rings is 1. The molecule has 1 aromatic rings. The Balaban J connectivity index is 2.22. The Kier molecular flexibility index (Phi) is 4.14. The molecule has 0 aromatic heterocycles. The van der Waals surface area contributed by atoms with Crippen molar-refractivity contribution in [1.29, 1.82) is 0 Å². The van der Waals surface area contributed by atoms with Crippen molar-refractivity contribution in [2.45, 2.75) is 45.6 Å². The summed E-state index contributed by atoms with van der Waals surface area (Å²) in [4.78, 5) is 0. The Morgan fingerprint density at radius 3 is 2.42 bits per heavy atom. The lowest BCUT2D eigenvalue weighted by Crippen LogP contribution is -2.48. The standard InChI is InChI=1S/C16H24FNO/c1-11-5-14(17)7-15(6-11)18-16(10-19)8-12(2)4-13(3)9-16/h5-7,12-13,18-19H,4,8-10H2,1-3H3. The second-order valence-electron chi connectivity index (χ2n) is 6.43. The predicted molar refractivity (Wildman–Crippen MR) is 76.8 cm³/mol. The number of hydrogen-bond acceptors (Lipinski definition) is 2. The molecule has 1 saturated carbocycles. The molecule has 0 radical (unpaired) electrons. The van der Waals surface area contributed by atoms with Gasteiger partial charge in [0.25, 0.3) is 0 Å². The van der Waals surface area contributed by atoms with Crippen LogP contribution in [-0.2, 0) is 0 Å². The fraction of sp³-hybridized carbons (Fsp3) is 0.625. The zero-order valence-corrected chi connectivity index (χ0v) is 12.0. The van der Waals surface area contributed by atoms with E-state index >= 15 is 0 Å². The largest absolute Gasteiger partial charge is 0.394 e. The lowest BCUT2D eigenvalue weighted by atomic mass is 9.72. The first-order valence-corrected chi connectivity index (χ1v) is 7.09. The van der Waals surface area contributed by atoms with Crippen molar-refractivity contribution in [3.8, 4) is 0 Å². The molecule has 1 aromatic carbocycles. The van der Waals surface area contributed by atoms with Crippen molar-refractivity contribution in [3.05, 3.63) is 29.6 Å². The first-order valence-electron chi connectivity index (χ1n) is 7.09. The van der Waals surface area contributed by atoms with Crippen molar-refractivity contribution in [2.24, 2.45) is 11.8 Å². The second kappa shape index (κ2) is 5.49. The van der Waals surface area contributed by atoms with Crippen LogP contribution in [0.5, 0.6) is 0 Å². The van der Waals surface area contributed by atoms with E-state index in [0.29, 0.717) is 11.8 Å². The lowest BCUT2D eigenvalue weighted by Gasteiger charge is -2.43. The zero-order chi connectivity index (χ0) is 14.0. The highest BCUT2D eigenvalue weighted by molar-refractivity contribution is 5.48. The van der Waals surface area contributed by atoms with Crippen molar-refractivity contribution >= 4 is 5.69 Å². The highest BCUT2D eigenvalue weighted by Gasteiger charge is 2.37. The normalized spacial score (nSPS) is 31.2. The average Bonchev–Trinajstić information content (AvgIpc) is 2.25. The van der Waals surface area contributed by atoms with Crippen LogP contribution in [0.1, 0.15) is 38.7 Å². The van der Waals surface area contributed by atoms with Gasteiger partial charge in [-0.25, -0.2) is 4.39 Å². The Labute approximate surface area is 115 Å². The first-order chi connectivity index (χ1) is 8.92. The minimum Gasteiger partial charge on any atom is -0.394 e. The Morgan fingerprint density at radius 1 is 1.26 bits per heavy atom. The van der Waals surface area contributed by atoms with Gasteiger partial charge in [0, 0.05) is 5.69 Å². The van der Waals surface area contributed by atoms with Gasteiger partial charge in [-0.3, -0.25) is 0 Å². The van der Waals surface area contributed by atoms with Gasteiger partial charge in [0.1, 0.15) is 5.82 Å². The van der Waals surface area contributed by atoms with Crippen LogP contribution in [0.4, 0.5) is 10.1 Å². The van der Waals surface area contributed by atoms with Gasteiger partial charge in [-0.15, -0.1) is 0 Å². The van der Waals surface area contributed by atoms with E-state index in [4.69, 9.17) is 0 Å². The summed E-state index contributed by atoms with van der Waals surface area (Å²) in [5, 5.41) is 13.2. The molecule has 106 valence electrons. The van der Waals surface area contributed by atoms with Crippen LogP contribution in [0.3, 0.4) is 0 Å². The number of halogens is 1. The van der Waals surface area contributed by atoms with Gasteiger partial charge in [0.05, 0.1) is 12.1 Å². The van der Waals surface area contributed by atoms with Crippen LogP contribution in [0, 0.1) is 24.6 Å². The molecule has 1 fully saturated rings. The summed E-state index contributed by atoms with van der Waals surface area (Å²) in [6.45, 7) is 6.42. The summed E-state index contributed by atoms with van der Waals surface area (Å²) >= 11 is 0. The number of aliphatic hydroxyl groups excluding tert-OH is 1. The molecule has 2 rings (SSSR count). The fourth-order valence-corrected chi connectivity index (χ4v) is 3.66. The zero-order valence-electron chi connectivity index (χ0n) is 12.0. The van der Waals surface area contributed by atoms with Crippen LogP contribution in [0.15, 0.2) is 18.2 Å².